The number of furan rings is 1. The molecule has 56 heavy (non-hydrogen) atoms. The molecule has 3 amide bonds. The van der Waals surface area contributed by atoms with E-state index in [1.165, 1.54) is 6.07 Å². The predicted molar refractivity (Wildman–Crippen MR) is 215 cm³/mol. The Bertz CT molecular complexity index is 2250. The number of hydrogen-bond acceptors (Lipinski definition) is 8. The molecule has 0 bridgehead atoms. The minimum absolute atomic E-state index is 0.00706. The smallest absolute Gasteiger partial charge is 0.291 e. The number of rotatable bonds is 7. The molecule has 12 heteroatoms. The zero-order chi connectivity index (χ0) is 39.6. The van der Waals surface area contributed by atoms with Gasteiger partial charge in [-0.1, -0.05) is 39.8 Å². The number of hydrogen-bond donors (Lipinski definition) is 2. The third-order valence-electron chi connectivity index (χ3n) is 10.7. The second-order valence-corrected chi connectivity index (χ2v) is 14.8. The van der Waals surface area contributed by atoms with E-state index in [4.69, 9.17) is 9.15 Å². The van der Waals surface area contributed by atoms with E-state index in [9.17, 15) is 18.8 Å². The average Bonchev–Trinajstić information content (AvgIpc) is 3.57. The molecule has 0 radical (unpaired) electrons. The summed E-state index contributed by atoms with van der Waals surface area (Å²) in [6.45, 7) is 13.3. The lowest BCUT2D eigenvalue weighted by atomic mass is 9.73. The molecule has 0 aliphatic carbocycles. The van der Waals surface area contributed by atoms with Gasteiger partial charge in [0.2, 0.25) is 0 Å². The van der Waals surface area contributed by atoms with Gasteiger partial charge in [0.25, 0.3) is 17.7 Å². The Morgan fingerprint density at radius 3 is 2.41 bits per heavy atom. The van der Waals surface area contributed by atoms with Crippen LogP contribution in [0.25, 0.3) is 11.3 Å². The number of aryl methyl sites for hydroxylation is 1. The van der Waals surface area contributed by atoms with Crippen molar-refractivity contribution in [1.82, 2.24) is 9.97 Å². The SMILES string of the molecule is CC.Cc1cnc(N2CC3(CCOCC3)C2)c(C(=O)Nc2ccc(C(=O)N3CCc4cc(C(=O)Nc5c(F)cccc5C(C)C)oc4-c4ccncc43)cc2)c1. The Kier molecular flexibility index (Phi) is 11.0. The minimum atomic E-state index is -0.565. The molecule has 2 N–H and O–H groups in total. The highest BCUT2D eigenvalue weighted by atomic mass is 19.1. The van der Waals surface area contributed by atoms with Crippen LogP contribution < -0.4 is 20.4 Å². The number of carbonyl (C=O) groups is 3. The third kappa shape index (κ3) is 7.53. The number of carbonyl (C=O) groups excluding carboxylic acids is 3. The van der Waals surface area contributed by atoms with Crippen molar-refractivity contribution in [2.45, 2.75) is 59.8 Å². The minimum Gasteiger partial charge on any atom is -0.451 e. The van der Waals surface area contributed by atoms with E-state index in [1.807, 2.05) is 40.7 Å². The Balaban J connectivity index is 0.00000237. The molecule has 5 aromatic rings. The number of ether oxygens (including phenoxy) is 1. The number of para-hydroxylation sites is 1. The van der Waals surface area contributed by atoms with E-state index >= 15 is 0 Å². The van der Waals surface area contributed by atoms with Gasteiger partial charge in [-0.2, -0.15) is 0 Å². The van der Waals surface area contributed by atoms with Gasteiger partial charge in [-0.15, -0.1) is 0 Å². The number of anilines is 4. The first kappa shape index (κ1) is 38.4. The van der Waals surface area contributed by atoms with Crippen LogP contribution in [0.1, 0.15) is 94.4 Å². The number of halogens is 1. The van der Waals surface area contributed by atoms with Gasteiger partial charge < -0.3 is 29.6 Å². The summed E-state index contributed by atoms with van der Waals surface area (Å²) in [5.41, 5.74) is 5.29. The molecule has 8 rings (SSSR count). The zero-order valence-corrected chi connectivity index (χ0v) is 32.4. The van der Waals surface area contributed by atoms with Crippen molar-refractivity contribution in [1.29, 1.82) is 0 Å². The van der Waals surface area contributed by atoms with Crippen LogP contribution in [0, 0.1) is 18.2 Å². The largest absolute Gasteiger partial charge is 0.451 e. The van der Waals surface area contributed by atoms with E-state index in [0.29, 0.717) is 58.2 Å². The molecule has 3 aliphatic heterocycles. The molecular weight excluding hydrogens is 712 g/mol. The number of amides is 3. The summed E-state index contributed by atoms with van der Waals surface area (Å²) in [6, 6.07) is 16.8. The van der Waals surface area contributed by atoms with Crippen LogP contribution in [0.2, 0.25) is 0 Å². The molecule has 6 heterocycles. The van der Waals surface area contributed by atoms with Crippen LogP contribution in [-0.2, 0) is 11.2 Å². The average molecular weight is 759 g/mol. The normalized spacial score (nSPS) is 15.5. The first-order valence-corrected chi connectivity index (χ1v) is 19.3. The summed E-state index contributed by atoms with van der Waals surface area (Å²) in [5, 5.41) is 5.70. The highest BCUT2D eigenvalue weighted by Crippen LogP contribution is 2.43. The molecule has 3 aliphatic rings. The van der Waals surface area contributed by atoms with Gasteiger partial charge >= 0.3 is 0 Å². The van der Waals surface area contributed by atoms with Crippen molar-refractivity contribution in [2.75, 3.05) is 53.3 Å². The van der Waals surface area contributed by atoms with E-state index < -0.39 is 11.7 Å². The van der Waals surface area contributed by atoms with Crippen LogP contribution in [-0.4, -0.2) is 60.5 Å². The van der Waals surface area contributed by atoms with Crippen molar-refractivity contribution in [3.63, 3.8) is 0 Å². The molecule has 3 aromatic heterocycles. The molecule has 2 fully saturated rings. The van der Waals surface area contributed by atoms with Crippen LogP contribution >= 0.6 is 0 Å². The quantitative estimate of drug-likeness (QED) is 0.169. The maximum Gasteiger partial charge on any atom is 0.291 e. The molecule has 2 saturated heterocycles. The third-order valence-corrected chi connectivity index (χ3v) is 10.7. The fraction of sp³-hybridized carbons (Fsp3) is 0.341. The molecule has 11 nitrogen and oxygen atoms in total. The lowest BCUT2D eigenvalue weighted by molar-refractivity contribution is -0.000511. The number of aromatic nitrogens is 2. The van der Waals surface area contributed by atoms with Gasteiger partial charge in [-0.25, -0.2) is 9.37 Å². The highest BCUT2D eigenvalue weighted by molar-refractivity contribution is 6.10. The number of benzene rings is 2. The van der Waals surface area contributed by atoms with Gasteiger partial charge in [0.1, 0.15) is 17.4 Å². The number of pyridine rings is 2. The first-order valence-electron chi connectivity index (χ1n) is 19.3. The van der Waals surface area contributed by atoms with E-state index in [-0.39, 0.29) is 34.6 Å². The lowest BCUT2D eigenvalue weighted by Crippen LogP contribution is -2.59. The van der Waals surface area contributed by atoms with Gasteiger partial charge in [-0.05, 0) is 91.8 Å². The number of nitrogens with zero attached hydrogens (tertiary/aromatic N) is 4. The van der Waals surface area contributed by atoms with E-state index in [2.05, 4.69) is 25.5 Å². The highest BCUT2D eigenvalue weighted by Gasteiger charge is 2.45. The lowest BCUT2D eigenvalue weighted by Gasteiger charge is -2.53. The van der Waals surface area contributed by atoms with Crippen molar-refractivity contribution in [2.24, 2.45) is 5.41 Å². The van der Waals surface area contributed by atoms with E-state index in [0.717, 1.165) is 50.3 Å². The van der Waals surface area contributed by atoms with Gasteiger partial charge in [0.15, 0.2) is 5.76 Å². The van der Waals surface area contributed by atoms with Crippen LogP contribution in [0.4, 0.5) is 27.3 Å². The van der Waals surface area contributed by atoms with Crippen molar-refractivity contribution < 1.29 is 27.9 Å². The summed E-state index contributed by atoms with van der Waals surface area (Å²) >= 11 is 0. The molecule has 0 saturated carbocycles. The number of nitrogens with one attached hydrogen (secondary N) is 2. The molecule has 0 unspecified atom stereocenters. The van der Waals surface area contributed by atoms with Crippen LogP contribution in [0.15, 0.2) is 83.7 Å². The van der Waals surface area contributed by atoms with E-state index in [1.54, 1.807) is 72.0 Å². The van der Waals surface area contributed by atoms with Gasteiger partial charge in [0.05, 0.1) is 23.1 Å². The summed E-state index contributed by atoms with van der Waals surface area (Å²) in [4.78, 5) is 53.7. The van der Waals surface area contributed by atoms with Gasteiger partial charge in [-0.3, -0.25) is 19.4 Å². The zero-order valence-electron chi connectivity index (χ0n) is 32.4. The monoisotopic (exact) mass is 758 g/mol. The second kappa shape index (κ2) is 16.1. The fourth-order valence-corrected chi connectivity index (χ4v) is 7.71. The predicted octanol–water partition coefficient (Wildman–Crippen LogP) is 8.66. The maximum atomic E-state index is 14.8. The molecule has 290 valence electrons. The first-order chi connectivity index (χ1) is 27.1. The molecule has 1 spiro atoms. The summed E-state index contributed by atoms with van der Waals surface area (Å²) in [7, 11) is 0. The Morgan fingerprint density at radius 1 is 0.929 bits per heavy atom. The summed E-state index contributed by atoms with van der Waals surface area (Å²) < 4.78 is 26.5. The van der Waals surface area contributed by atoms with Crippen LogP contribution in [0.3, 0.4) is 0 Å². The van der Waals surface area contributed by atoms with Crippen molar-refractivity contribution >= 4 is 40.6 Å². The number of fused-ring (bicyclic) bond motifs is 3. The maximum absolute atomic E-state index is 14.8. The Morgan fingerprint density at radius 2 is 1.68 bits per heavy atom. The molecule has 2 aromatic carbocycles. The van der Waals surface area contributed by atoms with Crippen molar-refractivity contribution in [3.8, 4) is 11.3 Å². The Hall–Kier alpha value is -5.88. The fourth-order valence-electron chi connectivity index (χ4n) is 7.71. The van der Waals surface area contributed by atoms with Gasteiger partial charge in [0, 0.05) is 73.0 Å². The summed E-state index contributed by atoms with van der Waals surface area (Å²) in [5.74, 6) is -0.445. The molecular formula is C44H47FN6O5. The van der Waals surface area contributed by atoms with Crippen LogP contribution in [0.5, 0.6) is 0 Å². The topological polar surface area (TPSA) is 130 Å². The summed E-state index contributed by atoms with van der Waals surface area (Å²) in [6.07, 6.45) is 7.42. The van der Waals surface area contributed by atoms with Crippen molar-refractivity contribution in [3.05, 3.63) is 119 Å². The second-order valence-electron chi connectivity index (χ2n) is 14.8. The standard InChI is InChI=1S/C42H41FN6O5.C2H6/c1-25(2)30-5-4-6-33(43)36(30)47-40(51)35-20-28-12-16-49(34-22-44-15-11-31(34)37(28)54-35)41(52)27-7-9-29(10-8-27)46-39(50)32-19-26(3)21-45-38(32)48-23-42(24-48)13-17-53-18-14-42;1-2/h4-11,15,19-22,25H,12-14,16-18,23-24H2,1-3H3,(H,46,50)(H,47,51);1-2H3. The Labute approximate surface area is 326 Å². The molecule has 0 atom stereocenters.